The Morgan fingerprint density at radius 3 is 1.81 bits per heavy atom. The van der Waals surface area contributed by atoms with Crippen LogP contribution in [-0.4, -0.2) is 30.9 Å². The summed E-state index contributed by atoms with van der Waals surface area (Å²) in [4.78, 5) is 42.1. The molecule has 10 heteroatoms. The number of carbonyl (C=O) groups is 3. The Morgan fingerprint density at radius 1 is 0.833 bits per heavy atom. The third-order valence-electron chi connectivity index (χ3n) is 6.78. The van der Waals surface area contributed by atoms with Gasteiger partial charge < -0.3 is 4.74 Å². The minimum Gasteiger partial charge on any atom is -0.468 e. The van der Waals surface area contributed by atoms with E-state index >= 15 is 0 Å². The van der Waals surface area contributed by atoms with E-state index in [1.165, 1.54) is 7.11 Å². The van der Waals surface area contributed by atoms with Gasteiger partial charge in [0, 0.05) is 10.0 Å². The van der Waals surface area contributed by atoms with Gasteiger partial charge in [0.1, 0.15) is 6.04 Å². The van der Waals surface area contributed by atoms with Crippen molar-refractivity contribution < 1.29 is 19.1 Å². The van der Waals surface area contributed by atoms with Gasteiger partial charge >= 0.3 is 5.97 Å². The van der Waals surface area contributed by atoms with Gasteiger partial charge in [0.05, 0.1) is 40.2 Å². The van der Waals surface area contributed by atoms with Gasteiger partial charge in [0.2, 0.25) is 11.8 Å². The van der Waals surface area contributed by atoms with Crippen LogP contribution in [0.25, 0.3) is 0 Å². The molecular formula is C26H18Cl4N2O4. The van der Waals surface area contributed by atoms with Crippen LogP contribution in [0, 0.1) is 11.8 Å². The zero-order valence-electron chi connectivity index (χ0n) is 18.7. The molecule has 5 rings (SSSR count). The second-order valence-electron chi connectivity index (χ2n) is 8.55. The highest BCUT2D eigenvalue weighted by molar-refractivity contribution is 6.42. The summed E-state index contributed by atoms with van der Waals surface area (Å²) in [5.41, 5.74) is 0.0382. The normalized spacial score (nSPS) is 22.6. The SMILES string of the molecule is COC(=O)[C@@H]1NC(c2ccc(Cl)cc2)(c2ccc(Cl)cc2)[C@@H]2C(=O)N(c3c(Cl)cccc3Cl)C(=O)[C@H]21. The van der Waals surface area contributed by atoms with Gasteiger partial charge in [-0.15, -0.1) is 0 Å². The van der Waals surface area contributed by atoms with Gasteiger partial charge in [-0.1, -0.05) is 76.7 Å². The minimum absolute atomic E-state index is 0.0787. The van der Waals surface area contributed by atoms with Crippen molar-refractivity contribution in [3.8, 4) is 0 Å². The topological polar surface area (TPSA) is 75.7 Å². The van der Waals surface area contributed by atoms with Gasteiger partial charge in [-0.05, 0) is 47.5 Å². The van der Waals surface area contributed by atoms with E-state index in [2.05, 4.69) is 5.32 Å². The highest BCUT2D eigenvalue weighted by atomic mass is 35.5. The van der Waals surface area contributed by atoms with Crippen molar-refractivity contribution in [3.63, 3.8) is 0 Å². The highest BCUT2D eigenvalue weighted by Gasteiger charge is 2.68. The third kappa shape index (κ3) is 3.71. The number of nitrogens with zero attached hydrogens (tertiary/aromatic N) is 1. The summed E-state index contributed by atoms with van der Waals surface area (Å²) >= 11 is 25.1. The number of halogens is 4. The fraction of sp³-hybridized carbons (Fsp3) is 0.192. The maximum absolute atomic E-state index is 14.2. The fourth-order valence-corrected chi connectivity index (χ4v) is 6.10. The van der Waals surface area contributed by atoms with E-state index in [4.69, 9.17) is 51.1 Å². The standard InChI is InChI=1S/C26H18Cl4N2O4/c1-36-25(35)21-19-20(24(34)32(23(19)33)22-17(29)3-2-4-18(22)30)26(31-21,13-5-9-15(27)10-6-13)14-7-11-16(28)12-8-14/h2-12,19-21,31H,1H3/t19-,20+,21-/m1/s1. The second kappa shape index (κ2) is 9.36. The lowest BCUT2D eigenvalue weighted by molar-refractivity contribution is -0.145. The predicted molar refractivity (Wildman–Crippen MR) is 139 cm³/mol. The van der Waals surface area contributed by atoms with Crippen molar-refractivity contribution in [1.29, 1.82) is 0 Å². The summed E-state index contributed by atoms with van der Waals surface area (Å²) < 4.78 is 5.04. The number of amides is 2. The van der Waals surface area contributed by atoms with E-state index in [9.17, 15) is 14.4 Å². The Kier molecular flexibility index (Phi) is 6.52. The number of nitrogens with one attached hydrogen (secondary N) is 1. The maximum atomic E-state index is 14.2. The lowest BCUT2D eigenvalue weighted by Gasteiger charge is -2.36. The number of esters is 1. The summed E-state index contributed by atoms with van der Waals surface area (Å²) in [5, 5.41) is 4.54. The van der Waals surface area contributed by atoms with Crippen LogP contribution in [0.2, 0.25) is 20.1 Å². The van der Waals surface area contributed by atoms with Crippen molar-refractivity contribution in [1.82, 2.24) is 5.32 Å². The average molecular weight is 564 g/mol. The van der Waals surface area contributed by atoms with Crippen molar-refractivity contribution in [2.24, 2.45) is 11.8 Å². The van der Waals surface area contributed by atoms with E-state index < -0.39 is 41.2 Å². The number of anilines is 1. The smallest absolute Gasteiger partial charge is 0.323 e. The molecule has 0 radical (unpaired) electrons. The predicted octanol–water partition coefficient (Wildman–Crippen LogP) is 5.49. The number of hydrogen-bond donors (Lipinski definition) is 1. The Bertz CT molecular complexity index is 1310. The van der Waals surface area contributed by atoms with E-state index in [1.54, 1.807) is 66.7 Å². The molecule has 0 spiro atoms. The number of carbonyl (C=O) groups excluding carboxylic acids is 3. The van der Waals surface area contributed by atoms with Crippen LogP contribution in [-0.2, 0) is 24.7 Å². The molecule has 2 amide bonds. The molecule has 0 aromatic heterocycles. The van der Waals surface area contributed by atoms with Crippen LogP contribution in [0.3, 0.4) is 0 Å². The highest BCUT2D eigenvalue weighted by Crippen LogP contribution is 2.53. The first kappa shape index (κ1) is 25.1. The first-order valence-electron chi connectivity index (χ1n) is 10.9. The molecule has 2 aliphatic heterocycles. The minimum atomic E-state index is -1.30. The number of imide groups is 1. The van der Waals surface area contributed by atoms with E-state index in [1.807, 2.05) is 0 Å². The molecule has 2 fully saturated rings. The lowest BCUT2D eigenvalue weighted by Crippen LogP contribution is -2.52. The van der Waals surface area contributed by atoms with Crippen LogP contribution in [0.1, 0.15) is 11.1 Å². The molecule has 3 aromatic carbocycles. The van der Waals surface area contributed by atoms with E-state index in [0.717, 1.165) is 4.90 Å². The van der Waals surface area contributed by atoms with Crippen molar-refractivity contribution in [2.75, 3.05) is 12.0 Å². The summed E-state index contributed by atoms with van der Waals surface area (Å²) in [5.74, 6) is -3.97. The maximum Gasteiger partial charge on any atom is 0.323 e. The molecule has 0 bridgehead atoms. The molecule has 3 atom stereocenters. The summed E-state index contributed by atoms with van der Waals surface area (Å²) in [6.07, 6.45) is 0. The molecule has 3 aromatic rings. The van der Waals surface area contributed by atoms with Crippen LogP contribution in [0.15, 0.2) is 66.7 Å². The lowest BCUT2D eigenvalue weighted by atomic mass is 9.72. The largest absolute Gasteiger partial charge is 0.468 e. The number of para-hydroxylation sites is 1. The molecule has 2 aliphatic rings. The molecule has 2 heterocycles. The van der Waals surface area contributed by atoms with Crippen molar-refractivity contribution in [3.05, 3.63) is 97.9 Å². The number of fused-ring (bicyclic) bond motifs is 1. The van der Waals surface area contributed by atoms with Gasteiger partial charge in [-0.2, -0.15) is 0 Å². The molecule has 1 N–H and O–H groups in total. The summed E-state index contributed by atoms with van der Waals surface area (Å²) in [6, 6.07) is 17.3. The molecule has 0 aliphatic carbocycles. The quantitative estimate of drug-likeness (QED) is 0.335. The van der Waals surface area contributed by atoms with Crippen LogP contribution in [0.4, 0.5) is 5.69 Å². The Balaban J connectivity index is 1.79. The average Bonchev–Trinajstić information content (AvgIpc) is 3.35. The van der Waals surface area contributed by atoms with Crippen LogP contribution >= 0.6 is 46.4 Å². The molecule has 2 saturated heterocycles. The monoisotopic (exact) mass is 562 g/mol. The fourth-order valence-electron chi connectivity index (χ4n) is 5.28. The molecular weight excluding hydrogens is 546 g/mol. The van der Waals surface area contributed by atoms with Gasteiger partial charge in [-0.3, -0.25) is 19.7 Å². The zero-order chi connectivity index (χ0) is 25.8. The second-order valence-corrected chi connectivity index (χ2v) is 10.2. The third-order valence-corrected chi connectivity index (χ3v) is 7.89. The van der Waals surface area contributed by atoms with Gasteiger partial charge in [0.25, 0.3) is 0 Å². The molecule has 0 unspecified atom stereocenters. The summed E-state index contributed by atoms with van der Waals surface area (Å²) in [7, 11) is 1.23. The Hall–Kier alpha value is -2.61. The molecule has 184 valence electrons. The van der Waals surface area contributed by atoms with Gasteiger partial charge in [0.15, 0.2) is 0 Å². The Labute approximate surface area is 227 Å². The molecule has 6 nitrogen and oxygen atoms in total. The first-order chi connectivity index (χ1) is 17.2. The van der Waals surface area contributed by atoms with Crippen molar-refractivity contribution in [2.45, 2.75) is 11.6 Å². The van der Waals surface area contributed by atoms with E-state index in [0.29, 0.717) is 21.2 Å². The van der Waals surface area contributed by atoms with Crippen LogP contribution < -0.4 is 10.2 Å². The number of rotatable bonds is 4. The summed E-state index contributed by atoms with van der Waals surface area (Å²) in [6.45, 7) is 0. The van der Waals surface area contributed by atoms with Crippen LogP contribution in [0.5, 0.6) is 0 Å². The number of methoxy groups -OCH3 is 1. The van der Waals surface area contributed by atoms with Gasteiger partial charge in [-0.25, -0.2) is 4.90 Å². The molecule has 36 heavy (non-hydrogen) atoms. The van der Waals surface area contributed by atoms with Crippen molar-refractivity contribution >= 4 is 69.9 Å². The number of benzene rings is 3. The zero-order valence-corrected chi connectivity index (χ0v) is 21.7. The number of ether oxygens (including phenoxy) is 1. The first-order valence-corrected chi connectivity index (χ1v) is 12.4. The molecule has 0 saturated carbocycles. The van der Waals surface area contributed by atoms with E-state index in [-0.39, 0.29) is 15.7 Å². The Morgan fingerprint density at radius 2 is 1.33 bits per heavy atom. The number of hydrogen-bond acceptors (Lipinski definition) is 5.